The quantitative estimate of drug-likeness (QED) is 0.861. The van der Waals surface area contributed by atoms with Crippen molar-refractivity contribution in [1.29, 1.82) is 0 Å². The van der Waals surface area contributed by atoms with E-state index in [1.165, 1.54) is 6.07 Å². The van der Waals surface area contributed by atoms with E-state index in [2.05, 4.69) is 20.6 Å². The third kappa shape index (κ3) is 4.25. The number of amides is 1. The molecular formula is C16H19FN4O. The highest BCUT2D eigenvalue weighted by Crippen LogP contribution is 2.09. The molecule has 5 nitrogen and oxygen atoms in total. The average Bonchev–Trinajstić information content (AvgIpc) is 2.51. The van der Waals surface area contributed by atoms with Crippen molar-refractivity contribution in [2.45, 2.75) is 26.8 Å². The molecule has 0 bridgehead atoms. The molecule has 2 aromatic rings. The largest absolute Gasteiger partial charge is 0.370 e. The van der Waals surface area contributed by atoms with E-state index in [9.17, 15) is 9.18 Å². The number of halogens is 1. The molecular weight excluding hydrogens is 283 g/mol. The molecule has 116 valence electrons. The minimum absolute atomic E-state index is 0.117. The fourth-order valence-electron chi connectivity index (χ4n) is 1.94. The number of carbonyl (C=O) groups excluding carboxylic acids is 1. The van der Waals surface area contributed by atoms with Crippen LogP contribution in [0.5, 0.6) is 0 Å². The molecule has 1 aromatic carbocycles. The fourth-order valence-corrected chi connectivity index (χ4v) is 1.94. The van der Waals surface area contributed by atoms with E-state index in [0.717, 1.165) is 13.0 Å². The Bertz CT molecular complexity index is 660. The van der Waals surface area contributed by atoms with Crippen molar-refractivity contribution in [2.75, 3.05) is 11.9 Å². The van der Waals surface area contributed by atoms with Gasteiger partial charge in [0.2, 0.25) is 0 Å². The Hall–Kier alpha value is -2.50. The van der Waals surface area contributed by atoms with Crippen LogP contribution in [0, 0.1) is 12.7 Å². The van der Waals surface area contributed by atoms with Gasteiger partial charge in [-0.3, -0.25) is 4.79 Å². The lowest BCUT2D eigenvalue weighted by atomic mass is 10.2. The van der Waals surface area contributed by atoms with Gasteiger partial charge >= 0.3 is 0 Å². The summed E-state index contributed by atoms with van der Waals surface area (Å²) >= 11 is 0. The Morgan fingerprint density at radius 2 is 2.05 bits per heavy atom. The minimum Gasteiger partial charge on any atom is -0.370 e. The number of aryl methyl sites for hydroxylation is 1. The van der Waals surface area contributed by atoms with E-state index in [-0.39, 0.29) is 24.0 Å². The molecule has 2 N–H and O–H groups in total. The van der Waals surface area contributed by atoms with Crippen molar-refractivity contribution in [3.63, 3.8) is 0 Å². The normalized spacial score (nSPS) is 10.3. The van der Waals surface area contributed by atoms with Crippen molar-refractivity contribution < 1.29 is 9.18 Å². The van der Waals surface area contributed by atoms with Crippen LogP contribution in [0.4, 0.5) is 10.2 Å². The second-order valence-electron chi connectivity index (χ2n) is 4.89. The molecule has 0 radical (unpaired) electrons. The van der Waals surface area contributed by atoms with Crippen molar-refractivity contribution in [1.82, 2.24) is 15.3 Å². The Morgan fingerprint density at radius 3 is 2.77 bits per heavy atom. The van der Waals surface area contributed by atoms with Crippen LogP contribution in [0.15, 0.2) is 30.3 Å². The first-order valence-corrected chi connectivity index (χ1v) is 7.21. The molecule has 1 heterocycles. The van der Waals surface area contributed by atoms with Crippen LogP contribution in [0.25, 0.3) is 0 Å². The molecule has 0 unspecified atom stereocenters. The van der Waals surface area contributed by atoms with Gasteiger partial charge in [0.1, 0.15) is 23.2 Å². The number of nitrogens with one attached hydrogen (secondary N) is 2. The first kappa shape index (κ1) is 15.9. The molecule has 1 amide bonds. The molecule has 6 heteroatoms. The number of benzene rings is 1. The van der Waals surface area contributed by atoms with Gasteiger partial charge in [-0.1, -0.05) is 25.1 Å². The lowest BCUT2D eigenvalue weighted by molar-refractivity contribution is 0.0945. The van der Waals surface area contributed by atoms with Crippen LogP contribution in [-0.2, 0) is 6.54 Å². The second-order valence-corrected chi connectivity index (χ2v) is 4.89. The van der Waals surface area contributed by atoms with Crippen LogP contribution in [-0.4, -0.2) is 22.4 Å². The van der Waals surface area contributed by atoms with Gasteiger partial charge in [-0.25, -0.2) is 14.4 Å². The first-order valence-electron chi connectivity index (χ1n) is 7.21. The van der Waals surface area contributed by atoms with E-state index < -0.39 is 0 Å². The molecule has 0 aliphatic heterocycles. The Kier molecular flexibility index (Phi) is 5.41. The number of hydrogen-bond acceptors (Lipinski definition) is 4. The maximum absolute atomic E-state index is 13.5. The van der Waals surface area contributed by atoms with Crippen molar-refractivity contribution >= 4 is 11.7 Å². The third-order valence-corrected chi connectivity index (χ3v) is 3.02. The number of nitrogens with zero attached hydrogens (tertiary/aromatic N) is 2. The van der Waals surface area contributed by atoms with E-state index in [0.29, 0.717) is 17.2 Å². The van der Waals surface area contributed by atoms with Gasteiger partial charge in [0.25, 0.3) is 5.91 Å². The van der Waals surface area contributed by atoms with Gasteiger partial charge < -0.3 is 10.6 Å². The fraction of sp³-hybridized carbons (Fsp3) is 0.312. The van der Waals surface area contributed by atoms with E-state index >= 15 is 0 Å². The summed E-state index contributed by atoms with van der Waals surface area (Å²) in [6, 6.07) is 7.93. The van der Waals surface area contributed by atoms with Gasteiger partial charge in [0.15, 0.2) is 0 Å². The molecule has 0 aliphatic carbocycles. The summed E-state index contributed by atoms with van der Waals surface area (Å²) in [6.45, 7) is 4.66. The van der Waals surface area contributed by atoms with Crippen LogP contribution in [0.2, 0.25) is 0 Å². The number of carbonyl (C=O) groups is 1. The number of hydrogen-bond donors (Lipinski definition) is 2. The summed E-state index contributed by atoms with van der Waals surface area (Å²) < 4.78 is 13.5. The van der Waals surface area contributed by atoms with Gasteiger partial charge in [0, 0.05) is 24.7 Å². The van der Waals surface area contributed by atoms with Crippen LogP contribution >= 0.6 is 0 Å². The molecule has 22 heavy (non-hydrogen) atoms. The molecule has 1 aromatic heterocycles. The second kappa shape index (κ2) is 7.49. The summed E-state index contributed by atoms with van der Waals surface area (Å²) in [5.74, 6) is 0.433. The molecule has 0 saturated heterocycles. The lowest BCUT2D eigenvalue weighted by Crippen LogP contribution is -2.25. The standard InChI is InChI=1S/C16H19FN4O/c1-3-8-18-15-9-14(20-11(2)21-15)16(22)19-10-12-6-4-5-7-13(12)17/h4-7,9H,3,8,10H2,1-2H3,(H,19,22)(H,18,20,21). The van der Waals surface area contributed by atoms with Crippen molar-refractivity contribution in [3.05, 3.63) is 53.2 Å². The average molecular weight is 302 g/mol. The number of rotatable bonds is 6. The van der Waals surface area contributed by atoms with Gasteiger partial charge in [0.05, 0.1) is 0 Å². The van der Waals surface area contributed by atoms with Crippen LogP contribution in [0.3, 0.4) is 0 Å². The summed E-state index contributed by atoms with van der Waals surface area (Å²) in [4.78, 5) is 20.5. The predicted octanol–water partition coefficient (Wildman–Crippen LogP) is 2.68. The van der Waals surface area contributed by atoms with Crippen molar-refractivity contribution in [2.24, 2.45) is 0 Å². The van der Waals surface area contributed by atoms with Crippen molar-refractivity contribution in [3.8, 4) is 0 Å². The highest BCUT2D eigenvalue weighted by Gasteiger charge is 2.11. The van der Waals surface area contributed by atoms with Crippen LogP contribution in [0.1, 0.15) is 35.2 Å². The maximum atomic E-state index is 13.5. The van der Waals surface area contributed by atoms with Gasteiger partial charge in [-0.2, -0.15) is 0 Å². The predicted molar refractivity (Wildman–Crippen MR) is 83.1 cm³/mol. The maximum Gasteiger partial charge on any atom is 0.270 e. The molecule has 0 fully saturated rings. The molecule has 0 spiro atoms. The number of anilines is 1. The highest BCUT2D eigenvalue weighted by molar-refractivity contribution is 5.92. The topological polar surface area (TPSA) is 66.9 Å². The Morgan fingerprint density at radius 1 is 1.27 bits per heavy atom. The highest BCUT2D eigenvalue weighted by atomic mass is 19.1. The smallest absolute Gasteiger partial charge is 0.270 e. The van der Waals surface area contributed by atoms with E-state index in [4.69, 9.17) is 0 Å². The summed E-state index contributed by atoms with van der Waals surface area (Å²) in [6.07, 6.45) is 0.956. The van der Waals surface area contributed by atoms with Crippen LogP contribution < -0.4 is 10.6 Å². The molecule has 0 atom stereocenters. The Balaban J connectivity index is 2.06. The zero-order valence-electron chi connectivity index (χ0n) is 12.7. The van der Waals surface area contributed by atoms with Gasteiger partial charge in [-0.15, -0.1) is 0 Å². The van der Waals surface area contributed by atoms with Gasteiger partial charge in [-0.05, 0) is 19.4 Å². The summed E-state index contributed by atoms with van der Waals surface area (Å²) in [7, 11) is 0. The lowest BCUT2D eigenvalue weighted by Gasteiger charge is -2.09. The first-order chi connectivity index (χ1) is 10.6. The summed E-state index contributed by atoms with van der Waals surface area (Å²) in [5.41, 5.74) is 0.702. The SMILES string of the molecule is CCCNc1cc(C(=O)NCc2ccccc2F)nc(C)n1. The van der Waals surface area contributed by atoms with E-state index in [1.54, 1.807) is 31.2 Å². The monoisotopic (exact) mass is 302 g/mol. The Labute approximate surface area is 129 Å². The number of aromatic nitrogens is 2. The molecule has 0 aliphatic rings. The summed E-state index contributed by atoms with van der Waals surface area (Å²) in [5, 5.41) is 5.79. The molecule has 2 rings (SSSR count). The molecule has 0 saturated carbocycles. The minimum atomic E-state index is -0.353. The zero-order chi connectivity index (χ0) is 15.9. The van der Waals surface area contributed by atoms with E-state index in [1.807, 2.05) is 6.92 Å². The zero-order valence-corrected chi connectivity index (χ0v) is 12.7. The third-order valence-electron chi connectivity index (χ3n) is 3.02.